The van der Waals surface area contributed by atoms with Gasteiger partial charge >= 0.3 is 0 Å². The van der Waals surface area contributed by atoms with Gasteiger partial charge in [-0.3, -0.25) is 4.90 Å². The molecule has 122 valence electrons. The molecule has 0 radical (unpaired) electrons. The van der Waals surface area contributed by atoms with Crippen molar-refractivity contribution in [1.82, 2.24) is 19.5 Å². The lowest BCUT2D eigenvalue weighted by Gasteiger charge is -2.38. The number of piperidine rings is 1. The summed E-state index contributed by atoms with van der Waals surface area (Å²) in [5.74, 6) is 1.69. The molecule has 4 heterocycles. The first-order chi connectivity index (χ1) is 11.1. The summed E-state index contributed by atoms with van der Waals surface area (Å²) in [7, 11) is 0. The monoisotopic (exact) mass is 332 g/mol. The van der Waals surface area contributed by atoms with Crippen molar-refractivity contribution in [3.8, 4) is 5.88 Å². The minimum Gasteiger partial charge on any atom is -0.492 e. The summed E-state index contributed by atoms with van der Waals surface area (Å²) in [6.07, 6.45) is 5.28. The summed E-state index contributed by atoms with van der Waals surface area (Å²) in [5, 5.41) is 15.0. The first kappa shape index (κ1) is 14.7. The van der Waals surface area contributed by atoms with Crippen molar-refractivity contribution in [3.63, 3.8) is 0 Å². The lowest BCUT2D eigenvalue weighted by Crippen LogP contribution is -2.40. The normalized spacial score (nSPS) is 21.0. The van der Waals surface area contributed by atoms with Crippen LogP contribution in [0.5, 0.6) is 5.88 Å². The van der Waals surface area contributed by atoms with E-state index in [0.29, 0.717) is 11.9 Å². The van der Waals surface area contributed by atoms with Crippen LogP contribution in [-0.2, 0) is 0 Å². The average molecular weight is 332 g/mol. The maximum atomic E-state index is 10.7. The summed E-state index contributed by atoms with van der Waals surface area (Å²) in [6.45, 7) is 5.07. The highest BCUT2D eigenvalue weighted by atomic mass is 32.1. The number of furan rings is 1. The number of hydrogen-bond donors (Lipinski definition) is 1. The molecule has 1 fully saturated rings. The second-order valence-electron chi connectivity index (χ2n) is 6.14. The highest BCUT2D eigenvalue weighted by Crippen LogP contribution is 2.42. The number of aromatic hydroxyl groups is 1. The van der Waals surface area contributed by atoms with Crippen molar-refractivity contribution in [3.05, 3.63) is 34.9 Å². The van der Waals surface area contributed by atoms with Crippen LogP contribution >= 0.6 is 11.3 Å². The molecule has 2 unspecified atom stereocenters. The molecule has 6 nitrogen and oxygen atoms in total. The molecule has 2 atom stereocenters. The summed E-state index contributed by atoms with van der Waals surface area (Å²) in [4.78, 5) is 8.37. The molecule has 1 aliphatic rings. The van der Waals surface area contributed by atoms with Crippen molar-refractivity contribution in [2.45, 2.75) is 45.2 Å². The molecule has 0 amide bonds. The van der Waals surface area contributed by atoms with Crippen LogP contribution < -0.4 is 0 Å². The molecule has 0 aromatic carbocycles. The zero-order valence-electron chi connectivity index (χ0n) is 13.3. The number of aromatic nitrogens is 3. The Hall–Kier alpha value is -1.86. The molecule has 3 aromatic heterocycles. The fourth-order valence-electron chi connectivity index (χ4n) is 3.42. The molecule has 0 aliphatic carbocycles. The van der Waals surface area contributed by atoms with Crippen LogP contribution in [0.1, 0.15) is 48.7 Å². The highest BCUT2D eigenvalue weighted by Gasteiger charge is 2.34. The fourth-order valence-corrected chi connectivity index (χ4v) is 4.55. The lowest BCUT2D eigenvalue weighted by atomic mass is 9.99. The van der Waals surface area contributed by atoms with Crippen molar-refractivity contribution >= 4 is 16.3 Å². The Morgan fingerprint density at radius 1 is 1.43 bits per heavy atom. The molecule has 1 N–H and O–H groups in total. The van der Waals surface area contributed by atoms with Gasteiger partial charge in [-0.2, -0.15) is 4.52 Å². The van der Waals surface area contributed by atoms with Gasteiger partial charge in [-0.15, -0.1) is 5.10 Å². The second kappa shape index (κ2) is 5.65. The van der Waals surface area contributed by atoms with E-state index in [-0.39, 0.29) is 11.9 Å². The highest BCUT2D eigenvalue weighted by molar-refractivity contribution is 7.17. The summed E-state index contributed by atoms with van der Waals surface area (Å²) < 4.78 is 7.23. The quantitative estimate of drug-likeness (QED) is 0.796. The number of likely N-dealkylation sites (tertiary alicyclic amines) is 1. The van der Waals surface area contributed by atoms with Crippen LogP contribution in [0.25, 0.3) is 4.96 Å². The molecule has 1 aliphatic heterocycles. The molecular formula is C16H20N4O2S. The van der Waals surface area contributed by atoms with Crippen LogP contribution in [0.15, 0.2) is 22.8 Å². The van der Waals surface area contributed by atoms with E-state index in [0.717, 1.165) is 28.6 Å². The van der Waals surface area contributed by atoms with E-state index >= 15 is 0 Å². The van der Waals surface area contributed by atoms with Crippen LogP contribution in [0.2, 0.25) is 0 Å². The van der Waals surface area contributed by atoms with Crippen molar-refractivity contribution in [2.24, 2.45) is 0 Å². The van der Waals surface area contributed by atoms with E-state index in [1.807, 2.05) is 19.1 Å². The number of fused-ring (bicyclic) bond motifs is 1. The molecule has 7 heteroatoms. The largest absolute Gasteiger partial charge is 0.492 e. The summed E-state index contributed by atoms with van der Waals surface area (Å²) >= 11 is 1.48. The maximum Gasteiger partial charge on any atom is 0.230 e. The third kappa shape index (κ3) is 2.44. The van der Waals surface area contributed by atoms with Gasteiger partial charge in [0.15, 0.2) is 0 Å². The Bertz CT molecular complexity index is 808. The third-order valence-electron chi connectivity index (χ3n) is 4.55. The van der Waals surface area contributed by atoms with Crippen molar-refractivity contribution in [2.75, 3.05) is 6.54 Å². The van der Waals surface area contributed by atoms with Gasteiger partial charge in [-0.25, -0.2) is 4.98 Å². The smallest absolute Gasteiger partial charge is 0.230 e. The summed E-state index contributed by atoms with van der Waals surface area (Å²) in [5.41, 5.74) is 0. The minimum atomic E-state index is -0.0888. The second-order valence-corrected chi connectivity index (χ2v) is 7.15. The van der Waals surface area contributed by atoms with Crippen LogP contribution in [0.4, 0.5) is 0 Å². The molecule has 0 spiro atoms. The molecule has 4 rings (SSSR count). The summed E-state index contributed by atoms with van der Waals surface area (Å²) in [6, 6.07) is 4.23. The number of nitrogens with zero attached hydrogens (tertiary/aromatic N) is 4. The van der Waals surface area contributed by atoms with E-state index in [9.17, 15) is 5.11 Å². The fraction of sp³-hybridized carbons (Fsp3) is 0.500. The van der Waals surface area contributed by atoms with Crippen molar-refractivity contribution < 1.29 is 9.52 Å². The average Bonchev–Trinajstić information content (AvgIpc) is 3.22. The first-order valence-electron chi connectivity index (χ1n) is 7.99. The Labute approximate surface area is 138 Å². The van der Waals surface area contributed by atoms with E-state index in [4.69, 9.17) is 4.42 Å². The zero-order chi connectivity index (χ0) is 16.0. The molecule has 0 bridgehead atoms. The lowest BCUT2D eigenvalue weighted by molar-refractivity contribution is 0.112. The Balaban J connectivity index is 1.83. The standard InChI is InChI=1S/C16H20N4O2S/c1-10-6-3-4-8-19(10)13(12-7-5-9-22-12)14-15(21)20-16(23-14)17-11(2)18-20/h5,7,9-10,13,21H,3-4,6,8H2,1-2H3. The molecule has 3 aromatic rings. The van der Waals surface area contributed by atoms with Gasteiger partial charge in [0, 0.05) is 6.04 Å². The van der Waals surface area contributed by atoms with Gasteiger partial charge in [0.05, 0.1) is 11.1 Å². The molecule has 1 saturated heterocycles. The van der Waals surface area contributed by atoms with Crippen LogP contribution in [-0.4, -0.2) is 37.2 Å². The van der Waals surface area contributed by atoms with Gasteiger partial charge in [0.1, 0.15) is 17.6 Å². The predicted molar refractivity (Wildman–Crippen MR) is 87.8 cm³/mol. The SMILES string of the molecule is Cc1nc2sc(C(c3ccco3)N3CCCCC3C)c(O)n2n1. The Morgan fingerprint density at radius 3 is 3.00 bits per heavy atom. The van der Waals surface area contributed by atoms with Gasteiger partial charge < -0.3 is 9.52 Å². The predicted octanol–water partition coefficient (Wildman–Crippen LogP) is 3.36. The Kier molecular flexibility index (Phi) is 3.61. The topological polar surface area (TPSA) is 66.8 Å². The number of thiazole rings is 1. The molecular weight excluding hydrogens is 312 g/mol. The minimum absolute atomic E-state index is 0.0888. The van der Waals surface area contributed by atoms with Gasteiger partial charge in [-0.05, 0) is 45.4 Å². The molecule has 0 saturated carbocycles. The van der Waals surface area contributed by atoms with E-state index in [1.165, 1.54) is 28.7 Å². The zero-order valence-corrected chi connectivity index (χ0v) is 14.1. The van der Waals surface area contributed by atoms with Gasteiger partial charge in [-0.1, -0.05) is 17.8 Å². The van der Waals surface area contributed by atoms with Gasteiger partial charge in [0.25, 0.3) is 0 Å². The number of hydrogen-bond acceptors (Lipinski definition) is 6. The van der Waals surface area contributed by atoms with E-state index in [1.54, 1.807) is 6.26 Å². The van der Waals surface area contributed by atoms with Crippen molar-refractivity contribution in [1.29, 1.82) is 0 Å². The molecule has 23 heavy (non-hydrogen) atoms. The van der Waals surface area contributed by atoms with E-state index < -0.39 is 0 Å². The maximum absolute atomic E-state index is 10.7. The Morgan fingerprint density at radius 2 is 2.30 bits per heavy atom. The number of rotatable bonds is 3. The van der Waals surface area contributed by atoms with E-state index in [2.05, 4.69) is 21.9 Å². The third-order valence-corrected chi connectivity index (χ3v) is 5.63. The first-order valence-corrected chi connectivity index (χ1v) is 8.81. The van der Waals surface area contributed by atoms with Crippen LogP contribution in [0, 0.1) is 6.92 Å². The van der Waals surface area contributed by atoms with Gasteiger partial charge in [0.2, 0.25) is 10.8 Å². The number of aryl methyl sites for hydroxylation is 1. The van der Waals surface area contributed by atoms with Crippen LogP contribution in [0.3, 0.4) is 0 Å².